The van der Waals surface area contributed by atoms with E-state index in [1.807, 2.05) is 12.1 Å². The molecule has 0 aliphatic carbocycles. The molecule has 2 unspecified atom stereocenters. The summed E-state index contributed by atoms with van der Waals surface area (Å²) >= 11 is 11.4. The summed E-state index contributed by atoms with van der Waals surface area (Å²) in [5.41, 5.74) is 7.71. The Bertz CT molecular complexity index is 461. The molecular weight excluding hydrogens is 264 g/mol. The molecule has 1 saturated heterocycles. The Labute approximate surface area is 119 Å². The Morgan fingerprint density at radius 1 is 1.44 bits per heavy atom. The molecule has 0 aromatic heterocycles. The zero-order chi connectivity index (χ0) is 13.3. The van der Waals surface area contributed by atoms with E-state index in [0.29, 0.717) is 16.1 Å². The van der Waals surface area contributed by atoms with Crippen LogP contribution in [-0.2, 0) is 0 Å². The van der Waals surface area contributed by atoms with E-state index in [2.05, 4.69) is 24.8 Å². The summed E-state index contributed by atoms with van der Waals surface area (Å²) in [7, 11) is 0. The fraction of sp³-hybridized carbons (Fsp3) is 0.500. The van der Waals surface area contributed by atoms with Crippen molar-refractivity contribution in [2.75, 3.05) is 11.4 Å². The van der Waals surface area contributed by atoms with Gasteiger partial charge in [-0.05, 0) is 37.8 Å². The summed E-state index contributed by atoms with van der Waals surface area (Å²) in [6, 6.07) is 6.37. The van der Waals surface area contributed by atoms with Gasteiger partial charge in [0.25, 0.3) is 0 Å². The number of piperidine rings is 1. The standard InChI is InChI=1S/C14H19ClN2S/c1-9-6-7-17(10(2)8-9)12-5-3-4-11(15)13(12)14(16)18/h3-5,9-10H,6-8H2,1-2H3,(H2,16,18). The highest BCUT2D eigenvalue weighted by Crippen LogP contribution is 2.33. The maximum Gasteiger partial charge on any atom is 0.107 e. The second-order valence-corrected chi connectivity index (χ2v) is 6.02. The van der Waals surface area contributed by atoms with E-state index in [9.17, 15) is 0 Å². The minimum Gasteiger partial charge on any atom is -0.389 e. The van der Waals surface area contributed by atoms with Crippen LogP contribution in [0.1, 0.15) is 32.3 Å². The largest absolute Gasteiger partial charge is 0.389 e. The van der Waals surface area contributed by atoms with Crippen molar-refractivity contribution in [3.05, 3.63) is 28.8 Å². The molecule has 2 nitrogen and oxygen atoms in total. The molecular formula is C14H19ClN2S. The fourth-order valence-corrected chi connectivity index (χ4v) is 3.30. The Kier molecular flexibility index (Phi) is 4.13. The normalized spacial score (nSPS) is 24.1. The molecule has 0 amide bonds. The first-order valence-corrected chi connectivity index (χ1v) is 7.14. The molecule has 0 saturated carbocycles. The zero-order valence-corrected chi connectivity index (χ0v) is 12.4. The van der Waals surface area contributed by atoms with Crippen molar-refractivity contribution < 1.29 is 0 Å². The van der Waals surface area contributed by atoms with Crippen LogP contribution >= 0.6 is 23.8 Å². The third-order valence-corrected chi connectivity index (χ3v) is 4.20. The Morgan fingerprint density at radius 3 is 2.78 bits per heavy atom. The monoisotopic (exact) mass is 282 g/mol. The van der Waals surface area contributed by atoms with Crippen LogP contribution in [0.15, 0.2) is 18.2 Å². The average molecular weight is 283 g/mol. The number of halogens is 1. The number of hydrogen-bond donors (Lipinski definition) is 1. The van der Waals surface area contributed by atoms with E-state index in [1.165, 1.54) is 12.8 Å². The lowest BCUT2D eigenvalue weighted by Crippen LogP contribution is -2.41. The molecule has 1 fully saturated rings. The van der Waals surface area contributed by atoms with Gasteiger partial charge in [-0.2, -0.15) is 0 Å². The molecule has 98 valence electrons. The van der Waals surface area contributed by atoms with Gasteiger partial charge in [-0.3, -0.25) is 0 Å². The molecule has 2 atom stereocenters. The van der Waals surface area contributed by atoms with Gasteiger partial charge < -0.3 is 10.6 Å². The quantitative estimate of drug-likeness (QED) is 0.841. The van der Waals surface area contributed by atoms with Crippen molar-refractivity contribution in [2.45, 2.75) is 32.7 Å². The summed E-state index contributed by atoms with van der Waals surface area (Å²) in [6.45, 7) is 5.60. The van der Waals surface area contributed by atoms with Gasteiger partial charge in [-0.25, -0.2) is 0 Å². The molecule has 1 aromatic carbocycles. The predicted octanol–water partition coefficient (Wildman–Crippen LogP) is 3.60. The lowest BCUT2D eigenvalue weighted by molar-refractivity contribution is 0.378. The van der Waals surface area contributed by atoms with Crippen LogP contribution in [0.5, 0.6) is 0 Å². The minimum absolute atomic E-state index is 0.376. The highest BCUT2D eigenvalue weighted by atomic mass is 35.5. The first-order chi connectivity index (χ1) is 8.50. The molecule has 18 heavy (non-hydrogen) atoms. The van der Waals surface area contributed by atoms with Crippen LogP contribution in [0, 0.1) is 5.92 Å². The molecule has 2 N–H and O–H groups in total. The second kappa shape index (κ2) is 5.45. The predicted molar refractivity (Wildman–Crippen MR) is 82.5 cm³/mol. The van der Waals surface area contributed by atoms with Gasteiger partial charge in [0.2, 0.25) is 0 Å². The van der Waals surface area contributed by atoms with Gasteiger partial charge in [-0.15, -0.1) is 0 Å². The van der Waals surface area contributed by atoms with Gasteiger partial charge in [0, 0.05) is 18.3 Å². The van der Waals surface area contributed by atoms with Crippen LogP contribution in [0.2, 0.25) is 5.02 Å². The maximum atomic E-state index is 6.23. The molecule has 1 aliphatic heterocycles. The summed E-state index contributed by atoms with van der Waals surface area (Å²) in [5, 5.41) is 0.644. The molecule has 2 rings (SSSR count). The van der Waals surface area contributed by atoms with Crippen LogP contribution < -0.4 is 10.6 Å². The Morgan fingerprint density at radius 2 is 2.17 bits per heavy atom. The van der Waals surface area contributed by atoms with Crippen LogP contribution in [-0.4, -0.2) is 17.6 Å². The first kappa shape index (κ1) is 13.6. The first-order valence-electron chi connectivity index (χ1n) is 6.35. The van der Waals surface area contributed by atoms with Crippen molar-refractivity contribution in [1.82, 2.24) is 0 Å². The van der Waals surface area contributed by atoms with Gasteiger partial charge in [-0.1, -0.05) is 36.8 Å². The third kappa shape index (κ3) is 2.62. The number of hydrogen-bond acceptors (Lipinski definition) is 2. The smallest absolute Gasteiger partial charge is 0.107 e. The summed E-state index contributed by atoms with van der Waals surface area (Å²) < 4.78 is 0. The topological polar surface area (TPSA) is 29.3 Å². The van der Waals surface area contributed by atoms with Gasteiger partial charge in [0.1, 0.15) is 4.99 Å². The van der Waals surface area contributed by atoms with E-state index in [4.69, 9.17) is 29.6 Å². The summed E-state index contributed by atoms with van der Waals surface area (Å²) in [6.07, 6.45) is 2.40. The van der Waals surface area contributed by atoms with Crippen molar-refractivity contribution in [1.29, 1.82) is 0 Å². The van der Waals surface area contributed by atoms with Gasteiger partial charge in [0.15, 0.2) is 0 Å². The van der Waals surface area contributed by atoms with Crippen LogP contribution in [0.4, 0.5) is 5.69 Å². The number of benzene rings is 1. The van der Waals surface area contributed by atoms with Gasteiger partial charge in [0.05, 0.1) is 10.6 Å². The molecule has 1 aromatic rings. The average Bonchev–Trinajstić information content (AvgIpc) is 2.28. The Hall–Kier alpha value is -0.800. The summed E-state index contributed by atoms with van der Waals surface area (Å²) in [5.74, 6) is 0.781. The number of nitrogens with zero attached hydrogens (tertiary/aromatic N) is 1. The lowest BCUT2D eigenvalue weighted by Gasteiger charge is -2.39. The number of rotatable bonds is 2. The van der Waals surface area contributed by atoms with Crippen molar-refractivity contribution in [2.24, 2.45) is 11.7 Å². The number of anilines is 1. The van der Waals surface area contributed by atoms with E-state index in [-0.39, 0.29) is 0 Å². The number of thiocarbonyl (C=S) groups is 1. The summed E-state index contributed by atoms with van der Waals surface area (Å²) in [4.78, 5) is 2.75. The lowest BCUT2D eigenvalue weighted by atomic mass is 9.92. The molecule has 1 aliphatic rings. The van der Waals surface area contributed by atoms with Crippen molar-refractivity contribution in [3.8, 4) is 0 Å². The third-order valence-electron chi connectivity index (χ3n) is 3.69. The SMILES string of the molecule is CC1CCN(c2cccc(Cl)c2C(N)=S)C(C)C1. The Balaban J connectivity index is 2.39. The number of nitrogens with two attached hydrogens (primary N) is 1. The van der Waals surface area contributed by atoms with Crippen molar-refractivity contribution >= 4 is 34.5 Å². The molecule has 0 radical (unpaired) electrons. The second-order valence-electron chi connectivity index (χ2n) is 5.17. The fourth-order valence-electron chi connectivity index (χ4n) is 2.76. The van der Waals surface area contributed by atoms with E-state index in [0.717, 1.165) is 23.7 Å². The van der Waals surface area contributed by atoms with Gasteiger partial charge >= 0.3 is 0 Å². The minimum atomic E-state index is 0.376. The van der Waals surface area contributed by atoms with Crippen molar-refractivity contribution in [3.63, 3.8) is 0 Å². The maximum absolute atomic E-state index is 6.23. The highest BCUT2D eigenvalue weighted by molar-refractivity contribution is 7.80. The molecule has 0 spiro atoms. The van der Waals surface area contributed by atoms with Crippen LogP contribution in [0.3, 0.4) is 0 Å². The van der Waals surface area contributed by atoms with E-state index < -0.39 is 0 Å². The molecule has 4 heteroatoms. The van der Waals surface area contributed by atoms with Crippen LogP contribution in [0.25, 0.3) is 0 Å². The molecule has 1 heterocycles. The van der Waals surface area contributed by atoms with E-state index >= 15 is 0 Å². The highest BCUT2D eigenvalue weighted by Gasteiger charge is 2.25. The van der Waals surface area contributed by atoms with E-state index in [1.54, 1.807) is 0 Å². The molecule has 0 bridgehead atoms. The zero-order valence-electron chi connectivity index (χ0n) is 10.8.